The highest BCUT2D eigenvalue weighted by Crippen LogP contribution is 2.37. The number of aryl methyl sites for hydroxylation is 1. The minimum atomic E-state index is 0.790. The minimum Gasteiger partial charge on any atom is -0.316 e. The summed E-state index contributed by atoms with van der Waals surface area (Å²) >= 11 is 1.96. The van der Waals surface area contributed by atoms with Crippen LogP contribution in [0.3, 0.4) is 0 Å². The monoisotopic (exact) mass is 195 g/mol. The van der Waals surface area contributed by atoms with Crippen LogP contribution in [0.25, 0.3) is 0 Å². The summed E-state index contributed by atoms with van der Waals surface area (Å²) in [7, 11) is 2.03. The molecule has 1 unspecified atom stereocenters. The Hall–Kier alpha value is -0.340. The molecule has 0 amide bonds. The molecule has 72 valence electrons. The van der Waals surface area contributed by atoms with Crippen molar-refractivity contribution in [3.8, 4) is 0 Å². The van der Waals surface area contributed by atoms with Crippen LogP contribution in [-0.4, -0.2) is 7.05 Å². The van der Waals surface area contributed by atoms with Crippen LogP contribution >= 0.6 is 11.3 Å². The lowest BCUT2D eigenvalue weighted by Crippen LogP contribution is -2.11. The zero-order chi connectivity index (χ0) is 9.26. The maximum Gasteiger partial charge on any atom is 0.0213 e. The fraction of sp³-hybridized carbons (Fsp3) is 0.636. The Morgan fingerprint density at radius 2 is 2.46 bits per heavy atom. The van der Waals surface area contributed by atoms with Crippen molar-refractivity contribution in [3.63, 3.8) is 0 Å². The van der Waals surface area contributed by atoms with Gasteiger partial charge < -0.3 is 5.32 Å². The molecule has 0 bridgehead atoms. The Kier molecular flexibility index (Phi) is 2.70. The second-order valence-electron chi connectivity index (χ2n) is 3.92. The maximum absolute atomic E-state index is 3.25. The zero-order valence-corrected chi connectivity index (χ0v) is 9.21. The molecule has 1 N–H and O–H groups in total. The minimum absolute atomic E-state index is 0.790. The van der Waals surface area contributed by atoms with Gasteiger partial charge in [-0.2, -0.15) is 0 Å². The molecule has 1 aliphatic rings. The molecule has 1 aliphatic carbocycles. The highest BCUT2D eigenvalue weighted by atomic mass is 32.1. The van der Waals surface area contributed by atoms with E-state index in [9.17, 15) is 0 Å². The summed E-state index contributed by atoms with van der Waals surface area (Å²) < 4.78 is 0. The Labute approximate surface area is 84.2 Å². The molecule has 0 spiro atoms. The second-order valence-corrected chi connectivity index (χ2v) is 4.89. The lowest BCUT2D eigenvalue weighted by molar-refractivity contribution is 0.590. The van der Waals surface area contributed by atoms with Crippen molar-refractivity contribution in [3.05, 3.63) is 21.4 Å². The molecular weight excluding hydrogens is 178 g/mol. The summed E-state index contributed by atoms with van der Waals surface area (Å²) in [6.07, 6.45) is 4.07. The van der Waals surface area contributed by atoms with Gasteiger partial charge in [0, 0.05) is 11.4 Å². The van der Waals surface area contributed by atoms with E-state index in [1.807, 2.05) is 18.4 Å². The van der Waals surface area contributed by atoms with Gasteiger partial charge in [0.2, 0.25) is 0 Å². The molecule has 0 aromatic carbocycles. The van der Waals surface area contributed by atoms with Gasteiger partial charge in [0.05, 0.1) is 0 Å². The van der Waals surface area contributed by atoms with Crippen molar-refractivity contribution in [2.75, 3.05) is 7.05 Å². The lowest BCUT2D eigenvalue weighted by Gasteiger charge is -2.20. The molecule has 0 aliphatic heterocycles. The molecule has 0 radical (unpaired) electrons. The largest absolute Gasteiger partial charge is 0.316 e. The molecule has 0 fully saturated rings. The lowest BCUT2D eigenvalue weighted by atomic mass is 9.87. The van der Waals surface area contributed by atoms with E-state index >= 15 is 0 Å². The Morgan fingerprint density at radius 1 is 1.62 bits per heavy atom. The SMILES string of the molecule is CNCc1csc2c1C(C)CCC2. The van der Waals surface area contributed by atoms with E-state index in [1.54, 1.807) is 10.4 Å². The third-order valence-electron chi connectivity index (χ3n) is 2.89. The summed E-state index contributed by atoms with van der Waals surface area (Å²) in [6, 6.07) is 0. The van der Waals surface area contributed by atoms with Crippen molar-refractivity contribution < 1.29 is 0 Å². The molecule has 13 heavy (non-hydrogen) atoms. The first-order chi connectivity index (χ1) is 6.33. The van der Waals surface area contributed by atoms with E-state index in [-0.39, 0.29) is 0 Å². The van der Waals surface area contributed by atoms with Crippen LogP contribution in [0.4, 0.5) is 0 Å². The van der Waals surface area contributed by atoms with Gasteiger partial charge in [0.15, 0.2) is 0 Å². The van der Waals surface area contributed by atoms with Crippen LogP contribution in [0, 0.1) is 0 Å². The van der Waals surface area contributed by atoms with Crippen LogP contribution in [0.15, 0.2) is 5.38 Å². The number of hydrogen-bond acceptors (Lipinski definition) is 2. The van der Waals surface area contributed by atoms with Gasteiger partial charge in [-0.1, -0.05) is 6.92 Å². The molecule has 1 heterocycles. The van der Waals surface area contributed by atoms with Gasteiger partial charge >= 0.3 is 0 Å². The van der Waals surface area contributed by atoms with E-state index in [4.69, 9.17) is 0 Å². The van der Waals surface area contributed by atoms with Gasteiger partial charge in [-0.25, -0.2) is 0 Å². The molecule has 1 nitrogen and oxygen atoms in total. The summed E-state index contributed by atoms with van der Waals surface area (Å²) in [6.45, 7) is 3.40. The van der Waals surface area contributed by atoms with Crippen LogP contribution < -0.4 is 5.32 Å². The summed E-state index contributed by atoms with van der Waals surface area (Å²) in [5, 5.41) is 5.58. The molecule has 1 aromatic rings. The molecule has 0 saturated heterocycles. The molecule has 1 atom stereocenters. The predicted octanol–water partition coefficient (Wildman–Crippen LogP) is 2.91. The zero-order valence-electron chi connectivity index (χ0n) is 8.39. The third kappa shape index (κ3) is 1.65. The molecule has 2 heteroatoms. The third-order valence-corrected chi connectivity index (χ3v) is 4.00. The first kappa shape index (κ1) is 9.22. The Balaban J connectivity index is 2.32. The Bertz CT molecular complexity index is 290. The van der Waals surface area contributed by atoms with E-state index in [0.717, 1.165) is 12.5 Å². The molecule has 1 aromatic heterocycles. The summed E-state index contributed by atoms with van der Waals surface area (Å²) in [5.41, 5.74) is 3.19. The number of hydrogen-bond donors (Lipinski definition) is 1. The van der Waals surface area contributed by atoms with Gasteiger partial charge in [-0.15, -0.1) is 11.3 Å². The predicted molar refractivity (Wildman–Crippen MR) is 58.4 cm³/mol. The average molecular weight is 195 g/mol. The van der Waals surface area contributed by atoms with Crippen molar-refractivity contribution in [2.24, 2.45) is 0 Å². The van der Waals surface area contributed by atoms with Crippen LogP contribution in [-0.2, 0) is 13.0 Å². The number of rotatable bonds is 2. The number of fused-ring (bicyclic) bond motifs is 1. The summed E-state index contributed by atoms with van der Waals surface area (Å²) in [5.74, 6) is 0.790. The molecule has 2 rings (SSSR count). The van der Waals surface area contributed by atoms with E-state index in [2.05, 4.69) is 17.6 Å². The quantitative estimate of drug-likeness (QED) is 0.765. The van der Waals surface area contributed by atoms with Gasteiger partial charge in [0.1, 0.15) is 0 Å². The average Bonchev–Trinajstić information content (AvgIpc) is 2.51. The van der Waals surface area contributed by atoms with Crippen LogP contribution in [0.2, 0.25) is 0 Å². The molecular formula is C11H17NS. The second kappa shape index (κ2) is 3.81. The van der Waals surface area contributed by atoms with Crippen molar-refractivity contribution in [2.45, 2.75) is 38.6 Å². The van der Waals surface area contributed by atoms with Crippen molar-refractivity contribution in [1.82, 2.24) is 5.32 Å². The first-order valence-electron chi connectivity index (χ1n) is 5.06. The van der Waals surface area contributed by atoms with Gasteiger partial charge in [-0.3, -0.25) is 0 Å². The van der Waals surface area contributed by atoms with Gasteiger partial charge in [-0.05, 0) is 48.7 Å². The van der Waals surface area contributed by atoms with Crippen LogP contribution in [0.1, 0.15) is 41.7 Å². The highest BCUT2D eigenvalue weighted by molar-refractivity contribution is 7.10. The van der Waals surface area contributed by atoms with Crippen molar-refractivity contribution >= 4 is 11.3 Å². The number of nitrogens with one attached hydrogen (secondary N) is 1. The number of thiophene rings is 1. The summed E-state index contributed by atoms with van der Waals surface area (Å²) in [4.78, 5) is 1.64. The first-order valence-corrected chi connectivity index (χ1v) is 5.94. The standard InChI is InChI=1S/C11H17NS/c1-8-4-3-5-10-11(8)9(6-12-2)7-13-10/h7-8,12H,3-6H2,1-2H3. The highest BCUT2D eigenvalue weighted by Gasteiger charge is 2.20. The van der Waals surface area contributed by atoms with Crippen molar-refractivity contribution in [1.29, 1.82) is 0 Å². The normalized spacial score (nSPS) is 21.5. The fourth-order valence-corrected chi connectivity index (χ4v) is 3.49. The maximum atomic E-state index is 3.25. The molecule has 0 saturated carbocycles. The van der Waals surface area contributed by atoms with Crippen LogP contribution in [0.5, 0.6) is 0 Å². The van der Waals surface area contributed by atoms with E-state index in [1.165, 1.54) is 24.8 Å². The Morgan fingerprint density at radius 3 is 3.23 bits per heavy atom. The van der Waals surface area contributed by atoms with Gasteiger partial charge in [0.25, 0.3) is 0 Å². The van der Waals surface area contributed by atoms with E-state index in [0.29, 0.717) is 0 Å². The smallest absolute Gasteiger partial charge is 0.0213 e. The topological polar surface area (TPSA) is 12.0 Å². The fourth-order valence-electron chi connectivity index (χ4n) is 2.27. The van der Waals surface area contributed by atoms with E-state index < -0.39 is 0 Å².